The van der Waals surface area contributed by atoms with Crippen molar-refractivity contribution >= 4 is 21.6 Å². The first-order valence-electron chi connectivity index (χ1n) is 3.25. The largest absolute Gasteiger partial charge is 0.309 e. The summed E-state index contributed by atoms with van der Waals surface area (Å²) in [5.41, 5.74) is 0. The van der Waals surface area contributed by atoms with Crippen LogP contribution in [0.3, 0.4) is 0 Å². The van der Waals surface area contributed by atoms with E-state index in [-0.39, 0.29) is 12.0 Å². The van der Waals surface area contributed by atoms with Crippen molar-refractivity contribution in [2.45, 2.75) is 13.0 Å². The van der Waals surface area contributed by atoms with Gasteiger partial charge in [-0.1, -0.05) is 28.5 Å². The maximum absolute atomic E-state index is 9.98. The lowest BCUT2D eigenvalue weighted by atomic mass is 10.1. The van der Waals surface area contributed by atoms with E-state index in [0.29, 0.717) is 5.75 Å². The Hall–Kier alpha value is -0.100. The summed E-state index contributed by atoms with van der Waals surface area (Å²) in [6.07, 6.45) is -0.212. The summed E-state index contributed by atoms with van der Waals surface area (Å²) in [6.45, 7) is 1.97. The molecule has 0 N–H and O–H groups in total. The molecule has 1 heterocycles. The van der Waals surface area contributed by atoms with E-state index in [1.54, 1.807) is 21.6 Å². The molecule has 0 aromatic rings. The summed E-state index contributed by atoms with van der Waals surface area (Å²) in [6, 6.07) is 0. The van der Waals surface area contributed by atoms with Crippen molar-refractivity contribution < 1.29 is 9.92 Å². The van der Waals surface area contributed by atoms with Crippen LogP contribution < -0.4 is 0 Å². The predicted octanol–water partition coefficient (Wildman–Crippen LogP) is 1.59. The summed E-state index contributed by atoms with van der Waals surface area (Å²) >= 11 is 0. The molecule has 2 unspecified atom stereocenters. The highest BCUT2D eigenvalue weighted by atomic mass is 33.1. The van der Waals surface area contributed by atoms with Crippen molar-refractivity contribution in [3.8, 4) is 0 Å². The maximum atomic E-state index is 9.98. The fraction of sp³-hybridized carbons (Fsp3) is 1.00. The minimum absolute atomic E-state index is 0.212. The highest BCUT2D eigenvalue weighted by Gasteiger charge is 2.25. The standard InChI is InChI=1S/C5H9NO3S2/c1-4-2-10-11-3-5(4)9-6(7)8/h4-5H,2-3H2,1H3. The molecule has 0 radical (unpaired) electrons. The Morgan fingerprint density at radius 1 is 1.55 bits per heavy atom. The van der Waals surface area contributed by atoms with Gasteiger partial charge in [-0.3, -0.25) is 0 Å². The lowest BCUT2D eigenvalue weighted by Crippen LogP contribution is -2.30. The van der Waals surface area contributed by atoms with Crippen LogP contribution in [-0.2, 0) is 4.84 Å². The van der Waals surface area contributed by atoms with E-state index >= 15 is 0 Å². The number of hydrogen-bond acceptors (Lipinski definition) is 5. The van der Waals surface area contributed by atoms with Crippen LogP contribution in [0, 0.1) is 16.0 Å². The quantitative estimate of drug-likeness (QED) is 0.380. The van der Waals surface area contributed by atoms with E-state index in [2.05, 4.69) is 4.84 Å². The van der Waals surface area contributed by atoms with Crippen molar-refractivity contribution in [2.24, 2.45) is 5.92 Å². The van der Waals surface area contributed by atoms with E-state index in [9.17, 15) is 10.1 Å². The molecule has 0 spiro atoms. The molecule has 0 saturated carbocycles. The smallest absolute Gasteiger partial charge is 0.294 e. The molecule has 1 rings (SSSR count). The normalized spacial score (nSPS) is 31.4. The Bertz CT molecular complexity index is 155. The molecule has 0 bridgehead atoms. The second-order valence-electron chi connectivity index (χ2n) is 2.41. The van der Waals surface area contributed by atoms with Crippen LogP contribution in [0.2, 0.25) is 0 Å². The minimum atomic E-state index is -0.697. The average molecular weight is 195 g/mol. The van der Waals surface area contributed by atoms with Crippen LogP contribution in [0.15, 0.2) is 0 Å². The Labute approximate surface area is 72.6 Å². The second kappa shape index (κ2) is 4.06. The van der Waals surface area contributed by atoms with Crippen molar-refractivity contribution in [2.75, 3.05) is 11.5 Å². The van der Waals surface area contributed by atoms with Gasteiger partial charge in [-0.2, -0.15) is 0 Å². The van der Waals surface area contributed by atoms with Gasteiger partial charge in [0.25, 0.3) is 5.09 Å². The molecular weight excluding hydrogens is 186 g/mol. The first-order chi connectivity index (χ1) is 5.20. The third kappa shape index (κ3) is 2.78. The van der Waals surface area contributed by atoms with Crippen LogP contribution in [0.1, 0.15) is 6.92 Å². The molecule has 11 heavy (non-hydrogen) atoms. The summed E-state index contributed by atoms with van der Waals surface area (Å²) in [4.78, 5) is 14.5. The number of nitrogens with zero attached hydrogens (tertiary/aromatic N) is 1. The molecule has 1 aliphatic heterocycles. The Balaban J connectivity index is 2.35. The molecule has 4 nitrogen and oxygen atoms in total. The maximum Gasteiger partial charge on any atom is 0.294 e. The summed E-state index contributed by atoms with van der Waals surface area (Å²) in [5, 5.41) is 9.28. The van der Waals surface area contributed by atoms with E-state index in [1.165, 1.54) is 0 Å². The third-order valence-electron chi connectivity index (χ3n) is 1.50. The van der Waals surface area contributed by atoms with Gasteiger partial charge in [-0.15, -0.1) is 10.1 Å². The zero-order valence-electron chi connectivity index (χ0n) is 6.06. The molecule has 2 atom stereocenters. The Morgan fingerprint density at radius 3 is 2.73 bits per heavy atom. The van der Waals surface area contributed by atoms with Crippen LogP contribution >= 0.6 is 21.6 Å². The van der Waals surface area contributed by atoms with Gasteiger partial charge in [0.05, 0.1) is 0 Å². The van der Waals surface area contributed by atoms with Crippen LogP contribution in [-0.4, -0.2) is 22.7 Å². The highest BCUT2D eigenvalue weighted by molar-refractivity contribution is 8.76. The van der Waals surface area contributed by atoms with Crippen molar-refractivity contribution in [1.29, 1.82) is 0 Å². The lowest BCUT2D eigenvalue weighted by molar-refractivity contribution is -0.769. The molecule has 1 saturated heterocycles. The van der Waals surface area contributed by atoms with Gasteiger partial charge in [0.1, 0.15) is 6.10 Å². The van der Waals surface area contributed by atoms with Gasteiger partial charge in [-0.25, -0.2) is 0 Å². The summed E-state index contributed by atoms with van der Waals surface area (Å²) in [7, 11) is 3.38. The SMILES string of the molecule is CC1CSSCC1O[N+](=O)[O-]. The molecule has 0 amide bonds. The first kappa shape index (κ1) is 8.99. The summed E-state index contributed by atoms with van der Waals surface area (Å²) < 4.78 is 0. The molecular formula is C5H9NO3S2. The zero-order chi connectivity index (χ0) is 8.27. The van der Waals surface area contributed by atoms with E-state index in [4.69, 9.17) is 0 Å². The molecule has 0 aliphatic carbocycles. The lowest BCUT2D eigenvalue weighted by Gasteiger charge is -2.25. The van der Waals surface area contributed by atoms with Crippen molar-refractivity contribution in [3.63, 3.8) is 0 Å². The highest BCUT2D eigenvalue weighted by Crippen LogP contribution is 2.33. The molecule has 0 aromatic carbocycles. The van der Waals surface area contributed by atoms with Crippen molar-refractivity contribution in [1.82, 2.24) is 0 Å². The van der Waals surface area contributed by atoms with Crippen molar-refractivity contribution in [3.05, 3.63) is 10.1 Å². The fourth-order valence-corrected chi connectivity index (χ4v) is 3.56. The number of rotatable bonds is 2. The van der Waals surface area contributed by atoms with Crippen LogP contribution in [0.25, 0.3) is 0 Å². The van der Waals surface area contributed by atoms with Gasteiger partial charge in [0.15, 0.2) is 0 Å². The molecule has 1 fully saturated rings. The van der Waals surface area contributed by atoms with Gasteiger partial charge >= 0.3 is 0 Å². The van der Waals surface area contributed by atoms with Crippen LogP contribution in [0.4, 0.5) is 0 Å². The molecule has 0 aromatic heterocycles. The van der Waals surface area contributed by atoms with Gasteiger partial charge in [0, 0.05) is 11.5 Å². The molecule has 6 heteroatoms. The third-order valence-corrected chi connectivity index (χ3v) is 4.11. The van der Waals surface area contributed by atoms with Gasteiger partial charge in [0.2, 0.25) is 0 Å². The van der Waals surface area contributed by atoms with Gasteiger partial charge in [-0.05, 0) is 5.92 Å². The Kier molecular flexibility index (Phi) is 3.32. The molecule has 64 valence electrons. The van der Waals surface area contributed by atoms with Gasteiger partial charge < -0.3 is 4.84 Å². The second-order valence-corrected chi connectivity index (χ2v) is 4.97. The topological polar surface area (TPSA) is 52.4 Å². The average Bonchev–Trinajstić information content (AvgIpc) is 1.93. The number of hydrogen-bond donors (Lipinski definition) is 0. The molecule has 1 aliphatic rings. The minimum Gasteiger partial charge on any atom is -0.309 e. The fourth-order valence-electron chi connectivity index (χ4n) is 0.787. The van der Waals surface area contributed by atoms with E-state index in [1.807, 2.05) is 6.92 Å². The van der Waals surface area contributed by atoms with E-state index < -0.39 is 5.09 Å². The zero-order valence-corrected chi connectivity index (χ0v) is 7.69. The van der Waals surface area contributed by atoms with Crippen LogP contribution in [0.5, 0.6) is 0 Å². The monoisotopic (exact) mass is 195 g/mol. The first-order valence-corrected chi connectivity index (χ1v) is 5.74. The summed E-state index contributed by atoms with van der Waals surface area (Å²) in [5.74, 6) is 1.93. The van der Waals surface area contributed by atoms with E-state index in [0.717, 1.165) is 5.75 Å². The Morgan fingerprint density at radius 2 is 2.18 bits per heavy atom. The predicted molar refractivity (Wildman–Crippen MR) is 45.9 cm³/mol.